The summed E-state index contributed by atoms with van der Waals surface area (Å²) in [6.07, 6.45) is 6.07. The molecule has 1 aromatic carbocycles. The summed E-state index contributed by atoms with van der Waals surface area (Å²) in [5, 5.41) is 2.97. The highest BCUT2D eigenvalue weighted by molar-refractivity contribution is 5.97. The van der Waals surface area contributed by atoms with E-state index in [1.165, 1.54) is 0 Å². The van der Waals surface area contributed by atoms with Crippen molar-refractivity contribution in [1.82, 2.24) is 19.6 Å². The molecular formula is C22H24N4O2. The van der Waals surface area contributed by atoms with Gasteiger partial charge in [0.1, 0.15) is 5.65 Å². The number of Topliss-reactive ketones (excluding diaryl/α,β-unsaturated/α-hetero) is 1. The van der Waals surface area contributed by atoms with Gasteiger partial charge in [-0.3, -0.25) is 4.79 Å². The number of piperidine rings is 1. The number of ketones is 1. The lowest BCUT2D eigenvalue weighted by atomic mass is 9.89. The maximum Gasteiger partial charge on any atom is 0.317 e. The Morgan fingerprint density at radius 2 is 1.79 bits per heavy atom. The number of imidazole rings is 1. The maximum absolute atomic E-state index is 12.6. The average molecular weight is 376 g/mol. The van der Waals surface area contributed by atoms with Gasteiger partial charge < -0.3 is 14.6 Å². The van der Waals surface area contributed by atoms with Gasteiger partial charge in [-0.05, 0) is 25.0 Å². The summed E-state index contributed by atoms with van der Waals surface area (Å²) in [5.41, 5.74) is 2.63. The van der Waals surface area contributed by atoms with Gasteiger partial charge in [0.15, 0.2) is 5.78 Å². The molecule has 1 N–H and O–H groups in total. The van der Waals surface area contributed by atoms with Crippen molar-refractivity contribution in [2.75, 3.05) is 19.6 Å². The van der Waals surface area contributed by atoms with E-state index in [4.69, 9.17) is 0 Å². The first-order chi connectivity index (χ1) is 13.7. The number of aromatic nitrogens is 2. The van der Waals surface area contributed by atoms with Crippen LogP contribution in [0, 0.1) is 5.92 Å². The Hall–Kier alpha value is -3.15. The van der Waals surface area contributed by atoms with E-state index < -0.39 is 0 Å². The van der Waals surface area contributed by atoms with Crippen molar-refractivity contribution in [2.24, 2.45) is 5.92 Å². The highest BCUT2D eigenvalue weighted by Crippen LogP contribution is 2.21. The van der Waals surface area contributed by atoms with Gasteiger partial charge in [-0.25, -0.2) is 9.78 Å². The third-order valence-corrected chi connectivity index (χ3v) is 5.28. The third kappa shape index (κ3) is 4.06. The Morgan fingerprint density at radius 1 is 1.04 bits per heavy atom. The molecule has 144 valence electrons. The molecule has 2 amide bonds. The van der Waals surface area contributed by atoms with E-state index >= 15 is 0 Å². The molecule has 0 saturated carbocycles. The molecule has 0 radical (unpaired) electrons. The van der Waals surface area contributed by atoms with Crippen LogP contribution < -0.4 is 5.32 Å². The smallest absolute Gasteiger partial charge is 0.317 e. The number of rotatable bonds is 5. The molecule has 1 aliphatic heterocycles. The molecule has 0 bridgehead atoms. The maximum atomic E-state index is 12.6. The summed E-state index contributed by atoms with van der Waals surface area (Å²) < 4.78 is 1.98. The Balaban J connectivity index is 1.23. The SMILES string of the molecule is O=C(c1ccccc1)C1CCN(C(=O)NCCc2cn3ccccc3n2)CC1. The van der Waals surface area contributed by atoms with Crippen molar-refractivity contribution in [3.63, 3.8) is 0 Å². The minimum absolute atomic E-state index is 0.00410. The first-order valence-electron chi connectivity index (χ1n) is 9.75. The molecule has 1 aliphatic rings. The summed E-state index contributed by atoms with van der Waals surface area (Å²) in [5.74, 6) is 0.192. The van der Waals surface area contributed by atoms with Crippen LogP contribution in [0.3, 0.4) is 0 Å². The van der Waals surface area contributed by atoms with Gasteiger partial charge in [-0.1, -0.05) is 36.4 Å². The van der Waals surface area contributed by atoms with Crippen LogP contribution in [0.4, 0.5) is 4.79 Å². The molecule has 6 nitrogen and oxygen atoms in total. The van der Waals surface area contributed by atoms with Crippen LogP contribution in [0.1, 0.15) is 28.9 Å². The second kappa shape index (κ2) is 8.25. The zero-order valence-corrected chi connectivity index (χ0v) is 15.8. The molecule has 1 fully saturated rings. The van der Waals surface area contributed by atoms with Crippen molar-refractivity contribution >= 4 is 17.5 Å². The molecule has 28 heavy (non-hydrogen) atoms. The Morgan fingerprint density at radius 3 is 2.54 bits per heavy atom. The molecule has 1 saturated heterocycles. The van der Waals surface area contributed by atoms with E-state index in [2.05, 4.69) is 10.3 Å². The van der Waals surface area contributed by atoms with E-state index in [-0.39, 0.29) is 17.7 Å². The quantitative estimate of drug-likeness (QED) is 0.696. The zero-order valence-electron chi connectivity index (χ0n) is 15.8. The molecule has 3 heterocycles. The first kappa shape index (κ1) is 18.2. The molecule has 0 spiro atoms. The first-order valence-corrected chi connectivity index (χ1v) is 9.75. The van der Waals surface area contributed by atoms with Crippen molar-refractivity contribution in [1.29, 1.82) is 0 Å². The number of nitrogens with one attached hydrogen (secondary N) is 1. The summed E-state index contributed by atoms with van der Waals surface area (Å²) >= 11 is 0. The standard InChI is InChI=1S/C22H24N4O2/c27-21(17-6-2-1-3-7-17)18-10-14-25(15-11-18)22(28)23-12-9-19-16-26-13-5-4-8-20(26)24-19/h1-8,13,16,18H,9-12,14-15H2,(H,23,28). The lowest BCUT2D eigenvalue weighted by molar-refractivity contribution is 0.0854. The number of hydrogen-bond donors (Lipinski definition) is 1. The summed E-state index contributed by atoms with van der Waals surface area (Å²) in [6, 6.07) is 15.2. The molecule has 4 rings (SSSR count). The zero-order chi connectivity index (χ0) is 19.3. The van der Waals surface area contributed by atoms with Gasteiger partial charge in [0.2, 0.25) is 0 Å². The summed E-state index contributed by atoms with van der Waals surface area (Å²) in [4.78, 5) is 31.3. The topological polar surface area (TPSA) is 66.7 Å². The highest BCUT2D eigenvalue weighted by atomic mass is 16.2. The largest absolute Gasteiger partial charge is 0.338 e. The monoisotopic (exact) mass is 376 g/mol. The number of carbonyl (C=O) groups excluding carboxylic acids is 2. The molecule has 6 heteroatoms. The predicted molar refractivity (Wildman–Crippen MR) is 107 cm³/mol. The number of benzene rings is 1. The van der Waals surface area contributed by atoms with Crippen LogP contribution in [0.5, 0.6) is 0 Å². The average Bonchev–Trinajstić information content (AvgIpc) is 3.16. The number of carbonyl (C=O) groups is 2. The van der Waals surface area contributed by atoms with Crippen LogP contribution in [0.25, 0.3) is 5.65 Å². The van der Waals surface area contributed by atoms with Gasteiger partial charge in [0, 0.05) is 49.9 Å². The number of urea groups is 1. The third-order valence-electron chi connectivity index (χ3n) is 5.28. The second-order valence-electron chi connectivity index (χ2n) is 7.17. The Kier molecular flexibility index (Phi) is 5.37. The molecule has 0 atom stereocenters. The van der Waals surface area contributed by atoms with Gasteiger partial charge in [0.05, 0.1) is 5.69 Å². The molecule has 3 aromatic rings. The number of pyridine rings is 1. The van der Waals surface area contributed by atoms with Gasteiger partial charge >= 0.3 is 6.03 Å². The highest BCUT2D eigenvalue weighted by Gasteiger charge is 2.27. The van der Waals surface area contributed by atoms with Gasteiger partial charge in [-0.2, -0.15) is 0 Å². The second-order valence-corrected chi connectivity index (χ2v) is 7.17. The van der Waals surface area contributed by atoms with Crippen LogP contribution >= 0.6 is 0 Å². The van der Waals surface area contributed by atoms with Crippen molar-refractivity contribution in [3.05, 3.63) is 72.2 Å². The van der Waals surface area contributed by atoms with Crippen molar-refractivity contribution in [2.45, 2.75) is 19.3 Å². The van der Waals surface area contributed by atoms with Gasteiger partial charge in [0.25, 0.3) is 0 Å². The van der Waals surface area contributed by atoms with E-state index in [9.17, 15) is 9.59 Å². The van der Waals surface area contributed by atoms with Crippen LogP contribution in [0.15, 0.2) is 60.9 Å². The minimum atomic E-state index is -0.0608. The van der Waals surface area contributed by atoms with E-state index in [1.807, 2.05) is 65.3 Å². The number of nitrogens with zero attached hydrogens (tertiary/aromatic N) is 3. The van der Waals surface area contributed by atoms with Crippen LogP contribution in [0.2, 0.25) is 0 Å². The molecule has 0 unspecified atom stereocenters. The van der Waals surface area contributed by atoms with Crippen molar-refractivity contribution < 1.29 is 9.59 Å². The fourth-order valence-corrected chi connectivity index (χ4v) is 3.70. The summed E-state index contributed by atoms with van der Waals surface area (Å²) in [6.45, 7) is 1.78. The number of amides is 2. The fourth-order valence-electron chi connectivity index (χ4n) is 3.70. The van der Waals surface area contributed by atoms with Crippen LogP contribution in [-0.4, -0.2) is 45.7 Å². The van der Waals surface area contributed by atoms with E-state index in [0.29, 0.717) is 38.9 Å². The summed E-state index contributed by atoms with van der Waals surface area (Å²) in [7, 11) is 0. The molecule has 2 aromatic heterocycles. The van der Waals surface area contributed by atoms with Crippen molar-refractivity contribution in [3.8, 4) is 0 Å². The number of hydrogen-bond acceptors (Lipinski definition) is 3. The molecule has 0 aliphatic carbocycles. The lowest BCUT2D eigenvalue weighted by Crippen LogP contribution is -2.45. The number of likely N-dealkylation sites (tertiary alicyclic amines) is 1. The molecular weight excluding hydrogens is 352 g/mol. The van der Waals surface area contributed by atoms with Crippen LogP contribution in [-0.2, 0) is 6.42 Å². The lowest BCUT2D eigenvalue weighted by Gasteiger charge is -2.31. The Bertz CT molecular complexity index is 926. The minimum Gasteiger partial charge on any atom is -0.338 e. The predicted octanol–water partition coefficient (Wildman–Crippen LogP) is 3.18. The fraction of sp³-hybridized carbons (Fsp3) is 0.318. The van der Waals surface area contributed by atoms with Gasteiger partial charge in [-0.15, -0.1) is 0 Å². The normalized spacial score (nSPS) is 14.9. The van der Waals surface area contributed by atoms with E-state index in [1.54, 1.807) is 4.90 Å². The van der Waals surface area contributed by atoms with E-state index in [0.717, 1.165) is 16.9 Å². The Labute approximate surface area is 164 Å². The number of fused-ring (bicyclic) bond motifs is 1.